The zero-order valence-electron chi connectivity index (χ0n) is 13.3. The van der Waals surface area contributed by atoms with Crippen LogP contribution in [0, 0.1) is 6.92 Å². The first kappa shape index (κ1) is 16.7. The number of aryl methyl sites for hydroxylation is 2. The van der Waals surface area contributed by atoms with Crippen molar-refractivity contribution in [2.45, 2.75) is 32.2 Å². The number of hydrogen-bond donors (Lipinski definition) is 2. The van der Waals surface area contributed by atoms with Gasteiger partial charge in [0.1, 0.15) is 0 Å². The lowest BCUT2D eigenvalue weighted by Gasteiger charge is -2.15. The van der Waals surface area contributed by atoms with Crippen molar-refractivity contribution in [2.24, 2.45) is 7.05 Å². The molecule has 1 atom stereocenters. The first-order valence-electron chi connectivity index (χ1n) is 7.48. The maximum atomic E-state index is 12.2. The highest BCUT2D eigenvalue weighted by Gasteiger charge is 2.19. The Hall–Kier alpha value is -2.63. The smallest absolute Gasteiger partial charge is 0.303 e. The minimum absolute atomic E-state index is 0.0672. The van der Waals surface area contributed by atoms with Crippen LogP contribution in [-0.4, -0.2) is 26.8 Å². The quantitative estimate of drug-likeness (QED) is 0.818. The Labute approximate surface area is 135 Å². The summed E-state index contributed by atoms with van der Waals surface area (Å²) in [7, 11) is 1.83. The van der Waals surface area contributed by atoms with Gasteiger partial charge in [0, 0.05) is 19.4 Å². The van der Waals surface area contributed by atoms with Crippen LogP contribution in [0.1, 0.15) is 35.7 Å². The van der Waals surface area contributed by atoms with Crippen molar-refractivity contribution < 1.29 is 14.7 Å². The molecule has 6 nitrogen and oxygen atoms in total. The summed E-state index contributed by atoms with van der Waals surface area (Å²) in [6, 6.07) is 11.2. The maximum Gasteiger partial charge on any atom is 0.303 e. The van der Waals surface area contributed by atoms with E-state index in [0.717, 1.165) is 17.0 Å². The van der Waals surface area contributed by atoms with Crippen LogP contribution in [-0.2, 0) is 23.2 Å². The van der Waals surface area contributed by atoms with Gasteiger partial charge in [-0.1, -0.05) is 30.3 Å². The van der Waals surface area contributed by atoms with E-state index in [4.69, 9.17) is 5.11 Å². The molecule has 122 valence electrons. The summed E-state index contributed by atoms with van der Waals surface area (Å²) in [5.41, 5.74) is 2.66. The van der Waals surface area contributed by atoms with Gasteiger partial charge in [0.15, 0.2) is 0 Å². The summed E-state index contributed by atoms with van der Waals surface area (Å²) in [6.45, 7) is 2.27. The number of benzene rings is 1. The summed E-state index contributed by atoms with van der Waals surface area (Å²) in [5.74, 6) is -1.41. The third-order valence-corrected chi connectivity index (χ3v) is 3.69. The molecular weight excluding hydrogens is 294 g/mol. The molecule has 0 saturated heterocycles. The molecule has 2 rings (SSSR count). The monoisotopic (exact) mass is 315 g/mol. The molecule has 0 aliphatic heterocycles. The van der Waals surface area contributed by atoms with Gasteiger partial charge in [-0.15, -0.1) is 0 Å². The maximum absolute atomic E-state index is 12.2. The van der Waals surface area contributed by atoms with Gasteiger partial charge >= 0.3 is 5.97 Å². The second kappa shape index (κ2) is 7.58. The molecule has 1 heterocycles. The predicted molar refractivity (Wildman–Crippen MR) is 85.8 cm³/mol. The molecular formula is C17H21N3O3. The van der Waals surface area contributed by atoms with Gasteiger partial charge in [0.2, 0.25) is 5.91 Å². The van der Waals surface area contributed by atoms with Crippen LogP contribution in [0.4, 0.5) is 0 Å². The second-order valence-electron chi connectivity index (χ2n) is 5.59. The lowest BCUT2D eigenvalue weighted by Crippen LogP contribution is -2.26. The van der Waals surface area contributed by atoms with E-state index >= 15 is 0 Å². The Morgan fingerprint density at radius 3 is 2.52 bits per heavy atom. The van der Waals surface area contributed by atoms with Crippen molar-refractivity contribution in [2.75, 3.05) is 0 Å². The zero-order chi connectivity index (χ0) is 16.8. The highest BCUT2D eigenvalue weighted by atomic mass is 16.4. The van der Waals surface area contributed by atoms with Gasteiger partial charge in [-0.2, -0.15) is 5.10 Å². The number of nitrogens with zero attached hydrogens (tertiary/aromatic N) is 2. The lowest BCUT2D eigenvalue weighted by molar-refractivity contribution is -0.137. The number of carbonyl (C=O) groups is 2. The minimum atomic E-state index is -0.908. The molecule has 1 aromatic heterocycles. The first-order valence-corrected chi connectivity index (χ1v) is 7.48. The van der Waals surface area contributed by atoms with E-state index in [0.29, 0.717) is 6.54 Å². The Bertz CT molecular complexity index is 680. The molecule has 1 amide bonds. The molecule has 23 heavy (non-hydrogen) atoms. The van der Waals surface area contributed by atoms with Crippen LogP contribution < -0.4 is 5.32 Å². The molecule has 0 saturated carbocycles. The van der Waals surface area contributed by atoms with Crippen molar-refractivity contribution in [1.29, 1.82) is 0 Å². The van der Waals surface area contributed by atoms with Crippen molar-refractivity contribution in [3.8, 4) is 0 Å². The summed E-state index contributed by atoms with van der Waals surface area (Å²) in [4.78, 5) is 23.2. The fourth-order valence-corrected chi connectivity index (χ4v) is 2.56. The summed E-state index contributed by atoms with van der Waals surface area (Å²) in [6.07, 6.45) is 0.0788. The molecule has 0 radical (unpaired) electrons. The van der Waals surface area contributed by atoms with Crippen LogP contribution in [0.15, 0.2) is 36.4 Å². The zero-order valence-corrected chi connectivity index (χ0v) is 13.3. The van der Waals surface area contributed by atoms with E-state index in [-0.39, 0.29) is 24.7 Å². The average molecular weight is 315 g/mol. The predicted octanol–water partition coefficient (Wildman–Crippen LogP) is 1.99. The van der Waals surface area contributed by atoms with Gasteiger partial charge in [-0.25, -0.2) is 0 Å². The molecule has 6 heteroatoms. The molecule has 1 unspecified atom stereocenters. The average Bonchev–Trinajstić information content (AvgIpc) is 2.83. The largest absolute Gasteiger partial charge is 0.481 e. The number of carboxylic acids is 1. The Balaban J connectivity index is 1.97. The van der Waals surface area contributed by atoms with Crippen molar-refractivity contribution in [1.82, 2.24) is 15.1 Å². The summed E-state index contributed by atoms with van der Waals surface area (Å²) < 4.78 is 1.72. The van der Waals surface area contributed by atoms with Gasteiger partial charge < -0.3 is 10.4 Å². The lowest BCUT2D eigenvalue weighted by atomic mass is 9.92. The van der Waals surface area contributed by atoms with Gasteiger partial charge in [0.25, 0.3) is 0 Å². The van der Waals surface area contributed by atoms with Crippen LogP contribution in [0.25, 0.3) is 0 Å². The van der Waals surface area contributed by atoms with Gasteiger partial charge in [-0.05, 0) is 18.6 Å². The van der Waals surface area contributed by atoms with E-state index in [9.17, 15) is 9.59 Å². The molecule has 0 fully saturated rings. The Morgan fingerprint density at radius 1 is 1.26 bits per heavy atom. The van der Waals surface area contributed by atoms with Crippen molar-refractivity contribution >= 4 is 11.9 Å². The highest BCUT2D eigenvalue weighted by Crippen LogP contribution is 2.23. The topological polar surface area (TPSA) is 84.2 Å². The van der Waals surface area contributed by atoms with Gasteiger partial charge in [-0.3, -0.25) is 14.3 Å². The number of hydrogen-bond acceptors (Lipinski definition) is 3. The number of nitrogens with one attached hydrogen (secondary N) is 1. The molecule has 1 aromatic carbocycles. The van der Waals surface area contributed by atoms with E-state index in [2.05, 4.69) is 10.4 Å². The number of carbonyl (C=O) groups excluding carboxylic acids is 1. The van der Waals surface area contributed by atoms with E-state index in [1.54, 1.807) is 4.68 Å². The minimum Gasteiger partial charge on any atom is -0.481 e. The molecule has 2 aromatic rings. The molecule has 0 bridgehead atoms. The van der Waals surface area contributed by atoms with Crippen LogP contribution in [0.3, 0.4) is 0 Å². The molecule has 2 N–H and O–H groups in total. The third-order valence-electron chi connectivity index (χ3n) is 3.69. The Kier molecular flexibility index (Phi) is 5.51. The summed E-state index contributed by atoms with van der Waals surface area (Å²) in [5, 5.41) is 16.1. The number of rotatable bonds is 7. The van der Waals surface area contributed by atoms with E-state index in [1.807, 2.05) is 50.4 Å². The van der Waals surface area contributed by atoms with E-state index in [1.165, 1.54) is 0 Å². The normalized spacial score (nSPS) is 11.9. The van der Waals surface area contributed by atoms with Gasteiger partial charge in [0.05, 0.1) is 24.4 Å². The fraction of sp³-hybridized carbons (Fsp3) is 0.353. The van der Waals surface area contributed by atoms with Crippen LogP contribution in [0.2, 0.25) is 0 Å². The third kappa shape index (κ3) is 4.95. The van der Waals surface area contributed by atoms with Crippen LogP contribution >= 0.6 is 0 Å². The standard InChI is InChI=1S/C17H21N3O3/c1-12-8-15(20(2)19-12)11-18-16(21)9-14(10-17(22)23)13-6-4-3-5-7-13/h3-8,14H,9-11H2,1-2H3,(H,18,21)(H,22,23). The SMILES string of the molecule is Cc1cc(CNC(=O)CC(CC(=O)O)c2ccccc2)n(C)n1. The number of carboxylic acid groups (broad SMARTS) is 1. The number of aliphatic carboxylic acids is 1. The number of aromatic nitrogens is 2. The Morgan fingerprint density at radius 2 is 1.96 bits per heavy atom. The molecule has 0 aliphatic carbocycles. The van der Waals surface area contributed by atoms with Crippen molar-refractivity contribution in [3.05, 3.63) is 53.3 Å². The van der Waals surface area contributed by atoms with Crippen molar-refractivity contribution in [3.63, 3.8) is 0 Å². The fourth-order valence-electron chi connectivity index (χ4n) is 2.56. The molecule has 0 spiro atoms. The highest BCUT2D eigenvalue weighted by molar-refractivity contribution is 5.78. The number of amides is 1. The second-order valence-corrected chi connectivity index (χ2v) is 5.59. The van der Waals surface area contributed by atoms with Crippen LogP contribution in [0.5, 0.6) is 0 Å². The summed E-state index contributed by atoms with van der Waals surface area (Å²) >= 11 is 0. The first-order chi connectivity index (χ1) is 11.0. The molecule has 0 aliphatic rings. The van der Waals surface area contributed by atoms with E-state index < -0.39 is 5.97 Å².